The molecule has 0 aliphatic carbocycles. The van der Waals surface area contributed by atoms with E-state index in [9.17, 15) is 14.7 Å². The predicted molar refractivity (Wildman–Crippen MR) is 116 cm³/mol. The van der Waals surface area contributed by atoms with Gasteiger partial charge in [-0.2, -0.15) is 9.78 Å². The number of carboxylic acids is 1. The van der Waals surface area contributed by atoms with E-state index in [1.807, 2.05) is 12.1 Å². The summed E-state index contributed by atoms with van der Waals surface area (Å²) in [6, 6.07) is 12.0. The van der Waals surface area contributed by atoms with Gasteiger partial charge < -0.3 is 14.9 Å². The Kier molecular flexibility index (Phi) is 7.49. The summed E-state index contributed by atoms with van der Waals surface area (Å²) < 4.78 is 8.36. The van der Waals surface area contributed by atoms with Crippen LogP contribution in [0.2, 0.25) is 5.02 Å². The van der Waals surface area contributed by atoms with Crippen molar-refractivity contribution < 1.29 is 19.7 Å². The molecule has 31 heavy (non-hydrogen) atoms. The molecule has 8 nitrogen and oxygen atoms in total. The first-order chi connectivity index (χ1) is 14.9. The van der Waals surface area contributed by atoms with E-state index >= 15 is 0 Å². The zero-order chi connectivity index (χ0) is 22.4. The number of benzene rings is 2. The molecule has 3 rings (SSSR count). The number of hydrogen-bond acceptors (Lipinski definition) is 5. The van der Waals surface area contributed by atoms with Crippen LogP contribution >= 0.6 is 11.6 Å². The van der Waals surface area contributed by atoms with Crippen molar-refractivity contribution in [3.8, 4) is 5.75 Å². The molecule has 0 saturated heterocycles. The minimum Gasteiger partial charge on any atom is -0.489 e. The van der Waals surface area contributed by atoms with Gasteiger partial charge in [0.2, 0.25) is 0 Å². The molecule has 0 bridgehead atoms. The number of halogens is 1. The van der Waals surface area contributed by atoms with Gasteiger partial charge >= 0.3 is 11.7 Å². The summed E-state index contributed by atoms with van der Waals surface area (Å²) in [4.78, 5) is 23.6. The number of carboxylic acid groups (broad SMARTS) is 1. The topological polar surface area (TPSA) is 107 Å². The van der Waals surface area contributed by atoms with Crippen molar-refractivity contribution in [1.82, 2.24) is 14.3 Å². The first-order valence-corrected chi connectivity index (χ1v) is 10.3. The van der Waals surface area contributed by atoms with Crippen LogP contribution in [-0.2, 0) is 26.3 Å². The third-order valence-corrected chi connectivity index (χ3v) is 5.30. The highest BCUT2D eigenvalue weighted by atomic mass is 35.5. The summed E-state index contributed by atoms with van der Waals surface area (Å²) in [5, 5.41) is 22.9. The fraction of sp³-hybridized carbons (Fsp3) is 0.318. The van der Waals surface area contributed by atoms with E-state index < -0.39 is 12.7 Å². The quantitative estimate of drug-likeness (QED) is 0.495. The molecule has 0 unspecified atom stereocenters. The van der Waals surface area contributed by atoms with Crippen LogP contribution in [0.5, 0.6) is 5.75 Å². The number of aliphatic hydroxyl groups excluding tert-OH is 1. The molecule has 3 aromatic rings. The van der Waals surface area contributed by atoms with Gasteiger partial charge in [0.1, 0.15) is 24.9 Å². The van der Waals surface area contributed by atoms with Crippen molar-refractivity contribution in [2.75, 3.05) is 0 Å². The average molecular weight is 446 g/mol. The first-order valence-electron chi connectivity index (χ1n) is 9.94. The van der Waals surface area contributed by atoms with Crippen LogP contribution in [0.3, 0.4) is 0 Å². The van der Waals surface area contributed by atoms with Gasteiger partial charge in [-0.1, -0.05) is 49.2 Å². The molecule has 164 valence electrons. The summed E-state index contributed by atoms with van der Waals surface area (Å²) in [5.74, 6) is 0.147. The molecule has 1 heterocycles. The minimum atomic E-state index is -1.09. The molecule has 0 radical (unpaired) electrons. The Morgan fingerprint density at radius 3 is 2.58 bits per heavy atom. The summed E-state index contributed by atoms with van der Waals surface area (Å²) in [7, 11) is 0. The molecule has 0 saturated carbocycles. The van der Waals surface area contributed by atoms with Gasteiger partial charge in [-0.05, 0) is 30.2 Å². The molecule has 2 aromatic carbocycles. The average Bonchev–Trinajstić information content (AvgIpc) is 3.07. The SMILES string of the molecule is CCCCc1nn(CO)c(=O)n1Cc1ccc(OCc2cccc(C(=O)O)c2Cl)cc1. The Morgan fingerprint density at radius 1 is 1.19 bits per heavy atom. The zero-order valence-electron chi connectivity index (χ0n) is 17.1. The maximum atomic E-state index is 12.4. The van der Waals surface area contributed by atoms with Crippen molar-refractivity contribution in [2.45, 2.75) is 46.1 Å². The second-order valence-electron chi connectivity index (χ2n) is 7.05. The number of carbonyl (C=O) groups is 1. The maximum absolute atomic E-state index is 12.4. The number of hydrogen-bond donors (Lipinski definition) is 2. The number of aromatic nitrogens is 3. The van der Waals surface area contributed by atoms with Gasteiger partial charge in [0.05, 0.1) is 17.1 Å². The van der Waals surface area contributed by atoms with Gasteiger partial charge in [0.15, 0.2) is 0 Å². The Labute approximate surface area is 184 Å². The maximum Gasteiger partial charge on any atom is 0.348 e. The fourth-order valence-electron chi connectivity index (χ4n) is 3.15. The van der Waals surface area contributed by atoms with Gasteiger partial charge in [-0.15, -0.1) is 0 Å². The predicted octanol–water partition coefficient (Wildman–Crippen LogP) is 3.32. The second-order valence-corrected chi connectivity index (χ2v) is 7.42. The van der Waals surface area contributed by atoms with E-state index in [-0.39, 0.29) is 22.9 Å². The van der Waals surface area contributed by atoms with Gasteiger partial charge in [0, 0.05) is 12.0 Å². The van der Waals surface area contributed by atoms with E-state index in [2.05, 4.69) is 12.0 Å². The molecule has 9 heteroatoms. The van der Waals surface area contributed by atoms with Gasteiger partial charge in [0.25, 0.3) is 0 Å². The second kappa shape index (κ2) is 10.3. The largest absolute Gasteiger partial charge is 0.489 e. The van der Waals surface area contributed by atoms with E-state index in [4.69, 9.17) is 21.4 Å². The first kappa shape index (κ1) is 22.6. The van der Waals surface area contributed by atoms with Crippen LogP contribution in [0.15, 0.2) is 47.3 Å². The van der Waals surface area contributed by atoms with Crippen LogP contribution in [0.1, 0.15) is 47.1 Å². The lowest BCUT2D eigenvalue weighted by molar-refractivity contribution is 0.0697. The standard InChI is InChI=1S/C22H24ClN3O5/c1-2-3-7-19-24-26(14-27)22(30)25(19)12-15-8-10-17(11-9-15)31-13-16-5-4-6-18(20(16)23)21(28)29/h4-6,8-11,27H,2-3,7,12-14H2,1H3,(H,28,29). The van der Waals surface area contributed by atoms with E-state index in [0.29, 0.717) is 30.1 Å². The lowest BCUT2D eigenvalue weighted by Gasteiger charge is -2.10. The minimum absolute atomic E-state index is 0.0332. The van der Waals surface area contributed by atoms with Crippen LogP contribution in [0, 0.1) is 0 Å². The molecule has 0 aliphatic heterocycles. The number of aliphatic hydroxyl groups is 1. The molecular weight excluding hydrogens is 422 g/mol. The highest BCUT2D eigenvalue weighted by Crippen LogP contribution is 2.23. The van der Waals surface area contributed by atoms with Crippen LogP contribution < -0.4 is 10.4 Å². The number of aromatic carboxylic acids is 1. The van der Waals surface area contributed by atoms with Crippen LogP contribution in [-0.4, -0.2) is 30.5 Å². The monoisotopic (exact) mass is 445 g/mol. The molecule has 0 amide bonds. The summed E-state index contributed by atoms with van der Waals surface area (Å²) in [6.45, 7) is 2.08. The number of unbranched alkanes of at least 4 members (excludes halogenated alkanes) is 1. The number of aryl methyl sites for hydroxylation is 1. The molecule has 0 fully saturated rings. The lowest BCUT2D eigenvalue weighted by Crippen LogP contribution is -2.26. The third-order valence-electron chi connectivity index (χ3n) is 4.85. The smallest absolute Gasteiger partial charge is 0.348 e. The Bertz CT molecular complexity index is 1110. The molecule has 0 aliphatic rings. The molecule has 2 N–H and O–H groups in total. The Morgan fingerprint density at radius 2 is 1.94 bits per heavy atom. The molecule has 1 aromatic heterocycles. The van der Waals surface area contributed by atoms with Crippen LogP contribution in [0.25, 0.3) is 0 Å². The Balaban J connectivity index is 1.70. The van der Waals surface area contributed by atoms with E-state index in [1.54, 1.807) is 28.8 Å². The number of ether oxygens (including phenoxy) is 1. The summed E-state index contributed by atoms with van der Waals surface area (Å²) in [5.41, 5.74) is 1.15. The van der Waals surface area contributed by atoms with E-state index in [1.165, 1.54) is 6.07 Å². The van der Waals surface area contributed by atoms with Gasteiger partial charge in [-0.25, -0.2) is 9.59 Å². The highest BCUT2D eigenvalue weighted by molar-refractivity contribution is 6.34. The zero-order valence-corrected chi connectivity index (χ0v) is 17.9. The summed E-state index contributed by atoms with van der Waals surface area (Å²) >= 11 is 6.15. The number of nitrogens with zero attached hydrogens (tertiary/aromatic N) is 3. The third kappa shape index (κ3) is 5.34. The molecule has 0 spiro atoms. The van der Waals surface area contributed by atoms with Crippen LogP contribution in [0.4, 0.5) is 0 Å². The normalized spacial score (nSPS) is 10.9. The van der Waals surface area contributed by atoms with Gasteiger partial charge in [-0.3, -0.25) is 4.57 Å². The van der Waals surface area contributed by atoms with Crippen molar-refractivity contribution in [3.63, 3.8) is 0 Å². The fourth-order valence-corrected chi connectivity index (χ4v) is 3.41. The van der Waals surface area contributed by atoms with Crippen molar-refractivity contribution in [1.29, 1.82) is 0 Å². The van der Waals surface area contributed by atoms with Crippen molar-refractivity contribution in [2.24, 2.45) is 0 Å². The van der Waals surface area contributed by atoms with Crippen molar-refractivity contribution in [3.05, 3.63) is 80.5 Å². The lowest BCUT2D eigenvalue weighted by atomic mass is 10.1. The molecule has 0 atom stereocenters. The number of rotatable bonds is 10. The van der Waals surface area contributed by atoms with Crippen molar-refractivity contribution >= 4 is 17.6 Å². The Hall–Kier alpha value is -3.10. The van der Waals surface area contributed by atoms with E-state index in [0.717, 1.165) is 23.1 Å². The highest BCUT2D eigenvalue weighted by Gasteiger charge is 2.14. The summed E-state index contributed by atoms with van der Waals surface area (Å²) in [6.07, 6.45) is 2.54. The molecular formula is C22H24ClN3O5.